The third kappa shape index (κ3) is 3.56. The minimum absolute atomic E-state index is 0.135. The van der Waals surface area contributed by atoms with Crippen molar-refractivity contribution >= 4 is 11.7 Å². The summed E-state index contributed by atoms with van der Waals surface area (Å²) in [6, 6.07) is 17.1. The van der Waals surface area contributed by atoms with Crippen LogP contribution < -0.4 is 4.74 Å². The lowest BCUT2D eigenvalue weighted by Gasteiger charge is -2.08. The Balaban J connectivity index is 1.93. The lowest BCUT2D eigenvalue weighted by molar-refractivity contribution is 0.0687. The molecule has 0 atom stereocenters. The molecule has 0 spiro atoms. The second-order valence-corrected chi connectivity index (χ2v) is 6.15. The lowest BCUT2D eigenvalue weighted by Crippen LogP contribution is -2.07. The molecule has 5 heteroatoms. The van der Waals surface area contributed by atoms with Crippen molar-refractivity contribution in [1.82, 2.24) is 4.57 Å². The molecule has 3 rings (SSSR count). The normalized spacial score (nSPS) is 10.4. The zero-order valence-corrected chi connectivity index (χ0v) is 15.3. The molecule has 0 bridgehead atoms. The number of rotatable bonds is 6. The maximum absolute atomic E-state index is 11.8. The highest BCUT2D eigenvalue weighted by Gasteiger charge is 2.25. The quantitative estimate of drug-likeness (QED) is 0.624. The third-order valence-electron chi connectivity index (χ3n) is 4.53. The van der Waals surface area contributed by atoms with E-state index in [0.717, 1.165) is 11.3 Å². The van der Waals surface area contributed by atoms with Crippen LogP contribution in [-0.2, 0) is 20.1 Å². The van der Waals surface area contributed by atoms with Crippen molar-refractivity contribution in [2.45, 2.75) is 20.0 Å². The maximum Gasteiger partial charge on any atom is 0.351 e. The molecule has 2 aromatic carbocycles. The summed E-state index contributed by atoms with van der Waals surface area (Å²) in [5.74, 6) is -0.350. The van der Waals surface area contributed by atoms with E-state index in [1.165, 1.54) is 0 Å². The molecule has 1 aromatic heterocycles. The van der Waals surface area contributed by atoms with E-state index >= 15 is 0 Å². The van der Waals surface area contributed by atoms with Crippen molar-refractivity contribution in [2.75, 3.05) is 0 Å². The molecule has 0 unspecified atom stereocenters. The third-order valence-corrected chi connectivity index (χ3v) is 4.53. The van der Waals surface area contributed by atoms with Crippen LogP contribution in [0, 0.1) is 6.57 Å². The van der Waals surface area contributed by atoms with E-state index in [2.05, 4.69) is 4.85 Å². The van der Waals surface area contributed by atoms with Crippen molar-refractivity contribution in [3.63, 3.8) is 0 Å². The summed E-state index contributed by atoms with van der Waals surface area (Å²) in [5, 5.41) is 9.65. The largest absolute Gasteiger partial charge is 0.489 e. The maximum atomic E-state index is 11.8. The van der Waals surface area contributed by atoms with Gasteiger partial charge in [0, 0.05) is 18.3 Å². The van der Waals surface area contributed by atoms with Gasteiger partial charge in [0.25, 0.3) is 0 Å². The number of ether oxygens (including phenoxy) is 1. The van der Waals surface area contributed by atoms with Gasteiger partial charge in [-0.15, -0.1) is 0 Å². The van der Waals surface area contributed by atoms with Crippen LogP contribution in [0.15, 0.2) is 54.6 Å². The zero-order chi connectivity index (χ0) is 19.4. The molecule has 27 heavy (non-hydrogen) atoms. The SMILES string of the molecule is [C-]#[N+]c1c(-c2ccc(OCc3ccccc3)cc2)c(C(=O)O)n(C)c1CC. The average molecular weight is 360 g/mol. The summed E-state index contributed by atoms with van der Waals surface area (Å²) in [6.07, 6.45) is 0.590. The Labute approximate surface area is 158 Å². The molecule has 3 aromatic rings. The number of carboxylic acids is 1. The Bertz CT molecular complexity index is 997. The first-order chi connectivity index (χ1) is 13.1. The molecule has 0 aliphatic carbocycles. The molecule has 1 N–H and O–H groups in total. The minimum Gasteiger partial charge on any atom is -0.489 e. The Hall–Kier alpha value is -3.52. The number of nitrogens with zero attached hydrogens (tertiary/aromatic N) is 2. The van der Waals surface area contributed by atoms with E-state index in [9.17, 15) is 9.90 Å². The summed E-state index contributed by atoms with van der Waals surface area (Å²) in [6.45, 7) is 9.90. The molecule has 136 valence electrons. The molecular formula is C22H20N2O3. The topological polar surface area (TPSA) is 55.8 Å². The number of benzene rings is 2. The smallest absolute Gasteiger partial charge is 0.351 e. The fourth-order valence-electron chi connectivity index (χ4n) is 3.23. The monoisotopic (exact) mass is 360 g/mol. The van der Waals surface area contributed by atoms with Crippen LogP contribution in [0.25, 0.3) is 16.0 Å². The lowest BCUT2D eigenvalue weighted by atomic mass is 10.0. The molecule has 0 saturated carbocycles. The van der Waals surface area contributed by atoms with Crippen LogP contribution in [0.3, 0.4) is 0 Å². The van der Waals surface area contributed by atoms with Gasteiger partial charge in [0.1, 0.15) is 18.1 Å². The Morgan fingerprint density at radius 1 is 1.15 bits per heavy atom. The van der Waals surface area contributed by atoms with Gasteiger partial charge in [0.15, 0.2) is 0 Å². The molecular weight excluding hydrogens is 340 g/mol. The van der Waals surface area contributed by atoms with Gasteiger partial charge in [0.05, 0.1) is 6.57 Å². The van der Waals surface area contributed by atoms with Crippen molar-refractivity contribution in [1.29, 1.82) is 0 Å². The molecule has 0 amide bonds. The van der Waals surface area contributed by atoms with E-state index in [1.807, 2.05) is 37.3 Å². The summed E-state index contributed by atoms with van der Waals surface area (Å²) in [4.78, 5) is 15.4. The second-order valence-electron chi connectivity index (χ2n) is 6.15. The number of hydrogen-bond acceptors (Lipinski definition) is 2. The highest BCUT2D eigenvalue weighted by molar-refractivity contribution is 6.00. The van der Waals surface area contributed by atoms with Crippen LogP contribution in [0.5, 0.6) is 5.75 Å². The first-order valence-electron chi connectivity index (χ1n) is 8.66. The van der Waals surface area contributed by atoms with Crippen molar-refractivity contribution in [3.8, 4) is 16.9 Å². The molecule has 0 aliphatic heterocycles. The Kier molecular flexibility index (Phi) is 5.28. The minimum atomic E-state index is -1.04. The van der Waals surface area contributed by atoms with Gasteiger partial charge in [-0.3, -0.25) is 0 Å². The molecule has 0 fully saturated rings. The van der Waals surface area contributed by atoms with E-state index in [-0.39, 0.29) is 5.69 Å². The van der Waals surface area contributed by atoms with Crippen LogP contribution >= 0.6 is 0 Å². The van der Waals surface area contributed by atoms with E-state index in [1.54, 1.807) is 35.9 Å². The fourth-order valence-corrected chi connectivity index (χ4v) is 3.23. The highest BCUT2D eigenvalue weighted by atomic mass is 16.5. The predicted octanol–water partition coefficient (Wildman–Crippen LogP) is 5.08. The van der Waals surface area contributed by atoms with Gasteiger partial charge >= 0.3 is 5.97 Å². The fraction of sp³-hybridized carbons (Fsp3) is 0.182. The second kappa shape index (κ2) is 7.79. The van der Waals surface area contributed by atoms with Gasteiger partial charge in [0.2, 0.25) is 5.69 Å². The van der Waals surface area contributed by atoms with Gasteiger partial charge in [-0.25, -0.2) is 9.64 Å². The van der Waals surface area contributed by atoms with Gasteiger partial charge in [-0.05, 0) is 29.7 Å². The average Bonchev–Trinajstić information content (AvgIpc) is 2.99. The van der Waals surface area contributed by atoms with Gasteiger partial charge in [-0.2, -0.15) is 0 Å². The number of aromatic nitrogens is 1. The molecule has 0 radical (unpaired) electrons. The number of aromatic carboxylic acids is 1. The standard InChI is InChI=1S/C22H20N2O3/c1-4-18-20(23-2)19(21(22(25)26)24(18)3)16-10-12-17(13-11-16)27-14-15-8-6-5-7-9-15/h5-13H,4,14H2,1,3H3,(H,25,26). The van der Waals surface area contributed by atoms with E-state index in [0.29, 0.717) is 35.6 Å². The van der Waals surface area contributed by atoms with E-state index in [4.69, 9.17) is 11.3 Å². The summed E-state index contributed by atoms with van der Waals surface area (Å²) >= 11 is 0. The number of carboxylic acid groups (broad SMARTS) is 1. The molecule has 0 saturated heterocycles. The summed E-state index contributed by atoms with van der Waals surface area (Å²) in [7, 11) is 1.69. The van der Waals surface area contributed by atoms with E-state index < -0.39 is 5.97 Å². The zero-order valence-electron chi connectivity index (χ0n) is 15.3. The number of hydrogen-bond donors (Lipinski definition) is 1. The first-order valence-corrected chi connectivity index (χ1v) is 8.66. The van der Waals surface area contributed by atoms with Crippen LogP contribution in [0.1, 0.15) is 28.7 Å². The Morgan fingerprint density at radius 3 is 2.37 bits per heavy atom. The van der Waals surface area contributed by atoms with Crippen molar-refractivity contribution in [2.24, 2.45) is 7.05 Å². The number of carbonyl (C=O) groups is 1. The van der Waals surface area contributed by atoms with Crippen LogP contribution in [-0.4, -0.2) is 15.6 Å². The molecule has 5 nitrogen and oxygen atoms in total. The Morgan fingerprint density at radius 2 is 1.81 bits per heavy atom. The van der Waals surface area contributed by atoms with Gasteiger partial charge in [-0.1, -0.05) is 49.4 Å². The highest BCUT2D eigenvalue weighted by Crippen LogP contribution is 2.39. The summed E-state index contributed by atoms with van der Waals surface area (Å²) in [5.41, 5.74) is 3.49. The van der Waals surface area contributed by atoms with Gasteiger partial charge < -0.3 is 14.4 Å². The van der Waals surface area contributed by atoms with Crippen LogP contribution in [0.2, 0.25) is 0 Å². The summed E-state index contributed by atoms with van der Waals surface area (Å²) < 4.78 is 7.39. The van der Waals surface area contributed by atoms with Crippen molar-refractivity contribution in [3.05, 3.63) is 83.0 Å². The predicted molar refractivity (Wildman–Crippen MR) is 104 cm³/mol. The first kappa shape index (κ1) is 18.3. The molecule has 1 heterocycles. The van der Waals surface area contributed by atoms with Crippen molar-refractivity contribution < 1.29 is 14.6 Å². The molecule has 0 aliphatic rings. The van der Waals surface area contributed by atoms with Crippen LogP contribution in [0.4, 0.5) is 5.69 Å².